The second kappa shape index (κ2) is 12.6. The minimum absolute atomic E-state index is 0.0812. The van der Waals surface area contributed by atoms with E-state index in [2.05, 4.69) is 39.8 Å². The van der Waals surface area contributed by atoms with Crippen LogP contribution in [-0.2, 0) is 16.0 Å². The van der Waals surface area contributed by atoms with E-state index in [0.717, 1.165) is 83.7 Å². The standard InChI is InChI=1S/C34H40N8O3S/c1-23-29(41-21-24(13-14-26(41)36-23)20-39-15-17-40(18-16-39)33(43)45-34(2,3)4)32-37-28(25-10-6-5-7-11-25)30(46-32)31-35-22-42(38-31)27-12-8-9-19-44-27/h5-7,10-11,13-14,21-22,27H,8-9,12,15-20H2,1-4H3. The number of benzene rings is 1. The minimum Gasteiger partial charge on any atom is -0.444 e. The molecule has 2 fully saturated rings. The van der Waals surface area contributed by atoms with E-state index in [1.54, 1.807) is 22.6 Å². The van der Waals surface area contributed by atoms with Crippen molar-refractivity contribution in [3.8, 4) is 32.7 Å². The summed E-state index contributed by atoms with van der Waals surface area (Å²) >= 11 is 1.59. The van der Waals surface area contributed by atoms with Crippen LogP contribution >= 0.6 is 11.3 Å². The fourth-order valence-electron chi connectivity index (χ4n) is 6.05. The van der Waals surface area contributed by atoms with Crippen LogP contribution in [0.5, 0.6) is 0 Å². The Morgan fingerprint density at radius 1 is 1.04 bits per heavy atom. The molecule has 4 aromatic heterocycles. The summed E-state index contributed by atoms with van der Waals surface area (Å²) in [6.07, 6.45) is 6.76. The maximum absolute atomic E-state index is 12.5. The first-order chi connectivity index (χ1) is 22.2. The SMILES string of the molecule is Cc1nc2ccc(CN3CCN(C(=O)OC(C)(C)C)CC3)cn2c1-c1nc(-c2ccccc2)c(-c2ncn(C3CCCCO3)n2)s1. The molecule has 12 heteroatoms. The summed E-state index contributed by atoms with van der Waals surface area (Å²) in [6, 6.07) is 14.4. The van der Waals surface area contributed by atoms with E-state index >= 15 is 0 Å². The number of nitrogens with zero attached hydrogens (tertiary/aromatic N) is 8. The highest BCUT2D eigenvalue weighted by molar-refractivity contribution is 7.18. The molecule has 240 valence electrons. The quantitative estimate of drug-likeness (QED) is 0.209. The number of hydrogen-bond donors (Lipinski definition) is 0. The van der Waals surface area contributed by atoms with Gasteiger partial charge in [-0.1, -0.05) is 36.4 Å². The van der Waals surface area contributed by atoms with Crippen LogP contribution < -0.4 is 0 Å². The molecule has 1 amide bonds. The number of ether oxygens (including phenoxy) is 2. The number of aryl methyl sites for hydroxylation is 1. The summed E-state index contributed by atoms with van der Waals surface area (Å²) < 4.78 is 15.5. The fraction of sp³-hybridized carbons (Fsp3) is 0.441. The van der Waals surface area contributed by atoms with Gasteiger partial charge in [0.15, 0.2) is 12.1 Å². The molecule has 0 aliphatic carbocycles. The number of piperazine rings is 1. The van der Waals surface area contributed by atoms with E-state index in [-0.39, 0.29) is 12.3 Å². The molecule has 46 heavy (non-hydrogen) atoms. The van der Waals surface area contributed by atoms with Gasteiger partial charge in [-0.25, -0.2) is 24.4 Å². The third-order valence-corrected chi connectivity index (χ3v) is 9.38. The molecule has 1 aromatic carbocycles. The lowest BCUT2D eigenvalue weighted by Gasteiger charge is -2.35. The van der Waals surface area contributed by atoms with Crippen LogP contribution in [0.15, 0.2) is 55.0 Å². The molecule has 0 spiro atoms. The van der Waals surface area contributed by atoms with Crippen molar-refractivity contribution in [3.05, 3.63) is 66.2 Å². The Morgan fingerprint density at radius 3 is 2.59 bits per heavy atom. The van der Waals surface area contributed by atoms with Gasteiger partial charge in [0, 0.05) is 51.1 Å². The number of aromatic nitrogens is 6. The zero-order valence-corrected chi connectivity index (χ0v) is 27.7. The van der Waals surface area contributed by atoms with Crippen LogP contribution in [0.25, 0.3) is 38.3 Å². The van der Waals surface area contributed by atoms with Gasteiger partial charge in [0.1, 0.15) is 33.2 Å². The number of carbonyl (C=O) groups is 1. The van der Waals surface area contributed by atoms with Crippen LogP contribution in [0.4, 0.5) is 4.79 Å². The lowest BCUT2D eigenvalue weighted by molar-refractivity contribution is -0.0395. The van der Waals surface area contributed by atoms with Gasteiger partial charge in [0.25, 0.3) is 0 Å². The van der Waals surface area contributed by atoms with E-state index in [9.17, 15) is 4.79 Å². The van der Waals surface area contributed by atoms with Crippen molar-refractivity contribution in [2.45, 2.75) is 65.3 Å². The molecule has 2 aliphatic rings. The van der Waals surface area contributed by atoms with Gasteiger partial charge in [0.05, 0.1) is 11.4 Å². The molecule has 2 saturated heterocycles. The molecule has 1 atom stereocenters. The lowest BCUT2D eigenvalue weighted by atomic mass is 10.1. The molecule has 5 aromatic rings. The van der Waals surface area contributed by atoms with E-state index in [1.165, 1.54) is 5.56 Å². The minimum atomic E-state index is -0.494. The predicted octanol–water partition coefficient (Wildman–Crippen LogP) is 6.44. The average molecular weight is 641 g/mol. The third kappa shape index (κ3) is 6.42. The van der Waals surface area contributed by atoms with Crippen LogP contribution in [0.2, 0.25) is 0 Å². The highest BCUT2D eigenvalue weighted by Gasteiger charge is 2.27. The van der Waals surface area contributed by atoms with Gasteiger partial charge in [-0.15, -0.1) is 16.4 Å². The number of hydrogen-bond acceptors (Lipinski definition) is 9. The van der Waals surface area contributed by atoms with Crippen molar-refractivity contribution < 1.29 is 14.3 Å². The van der Waals surface area contributed by atoms with Gasteiger partial charge in [0.2, 0.25) is 0 Å². The van der Waals surface area contributed by atoms with E-state index in [1.807, 2.05) is 50.6 Å². The second-order valence-corrected chi connectivity index (χ2v) is 14.0. The topological polar surface area (TPSA) is 103 Å². The Labute approximate surface area is 272 Å². The smallest absolute Gasteiger partial charge is 0.410 e. The zero-order chi connectivity index (χ0) is 31.8. The lowest BCUT2D eigenvalue weighted by Crippen LogP contribution is -2.49. The Bertz CT molecular complexity index is 1830. The fourth-order valence-corrected chi connectivity index (χ4v) is 7.16. The highest BCUT2D eigenvalue weighted by atomic mass is 32.1. The number of rotatable bonds is 6. The molecule has 11 nitrogen and oxygen atoms in total. The first kappa shape index (κ1) is 30.5. The Kier molecular flexibility index (Phi) is 8.35. The van der Waals surface area contributed by atoms with Crippen molar-refractivity contribution in [1.29, 1.82) is 0 Å². The number of carbonyl (C=O) groups excluding carboxylic acids is 1. The van der Waals surface area contributed by atoms with E-state index in [0.29, 0.717) is 18.9 Å². The average Bonchev–Trinajstić information content (AvgIpc) is 3.78. The Hall–Kier alpha value is -4.13. The van der Waals surface area contributed by atoms with Gasteiger partial charge < -0.3 is 14.4 Å². The van der Waals surface area contributed by atoms with Crippen LogP contribution in [0, 0.1) is 6.92 Å². The molecule has 0 bridgehead atoms. The zero-order valence-electron chi connectivity index (χ0n) is 26.8. The van der Waals surface area contributed by atoms with E-state index in [4.69, 9.17) is 29.5 Å². The van der Waals surface area contributed by atoms with Crippen molar-refractivity contribution in [1.82, 2.24) is 38.9 Å². The summed E-state index contributed by atoms with van der Waals surface area (Å²) in [6.45, 7) is 12.1. The summed E-state index contributed by atoms with van der Waals surface area (Å²) in [7, 11) is 0. The van der Waals surface area contributed by atoms with Crippen LogP contribution in [-0.4, -0.2) is 83.4 Å². The van der Waals surface area contributed by atoms with Crippen LogP contribution in [0.3, 0.4) is 0 Å². The van der Waals surface area contributed by atoms with Gasteiger partial charge in [-0.2, -0.15) is 0 Å². The Balaban J connectivity index is 1.17. The third-order valence-electron chi connectivity index (χ3n) is 8.32. The molecular weight excluding hydrogens is 600 g/mol. The van der Waals surface area contributed by atoms with Crippen molar-refractivity contribution >= 4 is 23.1 Å². The number of fused-ring (bicyclic) bond motifs is 1. The first-order valence-corrected chi connectivity index (χ1v) is 16.8. The highest BCUT2D eigenvalue weighted by Crippen LogP contribution is 2.40. The molecule has 0 saturated carbocycles. The maximum Gasteiger partial charge on any atom is 0.410 e. The monoisotopic (exact) mass is 640 g/mol. The first-order valence-electron chi connectivity index (χ1n) is 16.0. The molecule has 7 rings (SSSR count). The number of pyridine rings is 1. The second-order valence-electron chi connectivity index (χ2n) is 13.0. The molecule has 0 N–H and O–H groups in total. The van der Waals surface area contributed by atoms with Crippen LogP contribution in [0.1, 0.15) is 57.5 Å². The Morgan fingerprint density at radius 2 is 1.85 bits per heavy atom. The summed E-state index contributed by atoms with van der Waals surface area (Å²) in [5.41, 5.74) is 5.31. The summed E-state index contributed by atoms with van der Waals surface area (Å²) in [5.74, 6) is 0.648. The molecule has 0 radical (unpaired) electrons. The normalized spacial score (nSPS) is 17.9. The maximum atomic E-state index is 12.5. The molecule has 1 unspecified atom stereocenters. The van der Waals surface area contributed by atoms with Gasteiger partial charge in [-0.3, -0.25) is 9.30 Å². The van der Waals surface area contributed by atoms with Crippen molar-refractivity contribution in [3.63, 3.8) is 0 Å². The summed E-state index contributed by atoms with van der Waals surface area (Å²) in [4.78, 5) is 32.4. The predicted molar refractivity (Wildman–Crippen MR) is 177 cm³/mol. The number of thiazole rings is 1. The van der Waals surface area contributed by atoms with Crippen molar-refractivity contribution in [2.24, 2.45) is 0 Å². The molecule has 2 aliphatic heterocycles. The van der Waals surface area contributed by atoms with Gasteiger partial charge in [-0.05, 0) is 58.6 Å². The van der Waals surface area contributed by atoms with Crippen molar-refractivity contribution in [2.75, 3.05) is 32.8 Å². The number of imidazole rings is 1. The largest absolute Gasteiger partial charge is 0.444 e. The number of amides is 1. The molecule has 6 heterocycles. The summed E-state index contributed by atoms with van der Waals surface area (Å²) in [5, 5.41) is 5.74. The van der Waals surface area contributed by atoms with E-state index < -0.39 is 5.60 Å². The van der Waals surface area contributed by atoms with Gasteiger partial charge >= 0.3 is 6.09 Å². The molecular formula is C34H40N8O3S.